The molecule has 0 spiro atoms. The highest BCUT2D eigenvalue weighted by Crippen LogP contribution is 2.36. The van der Waals surface area contributed by atoms with E-state index in [9.17, 15) is 9.18 Å². The topological polar surface area (TPSA) is 54.5 Å². The van der Waals surface area contributed by atoms with Gasteiger partial charge in [-0.2, -0.15) is 0 Å². The number of hydrogen-bond donors (Lipinski definition) is 1. The van der Waals surface area contributed by atoms with E-state index in [1.54, 1.807) is 6.07 Å². The molecule has 1 aromatic heterocycles. The first-order valence-corrected chi connectivity index (χ1v) is 8.35. The van der Waals surface area contributed by atoms with Crippen LogP contribution in [0.25, 0.3) is 10.9 Å². The second-order valence-corrected chi connectivity index (χ2v) is 6.51. The number of ether oxygens (including phenoxy) is 1. The number of carbonyl (C=O) groups is 1. The maximum absolute atomic E-state index is 13.8. The lowest BCUT2D eigenvalue weighted by Gasteiger charge is -2.40. The van der Waals surface area contributed by atoms with Crippen molar-refractivity contribution in [3.05, 3.63) is 35.3 Å². The molecule has 1 atom stereocenters. The predicted molar refractivity (Wildman–Crippen MR) is 89.5 cm³/mol. The summed E-state index contributed by atoms with van der Waals surface area (Å²) >= 11 is 0. The van der Waals surface area contributed by atoms with Crippen molar-refractivity contribution in [3.63, 3.8) is 0 Å². The Labute approximate surface area is 139 Å². The van der Waals surface area contributed by atoms with E-state index in [1.165, 1.54) is 38.5 Å². The molecule has 1 unspecified atom stereocenters. The van der Waals surface area contributed by atoms with Crippen molar-refractivity contribution in [1.82, 2.24) is 9.88 Å². The number of piperidine rings is 1. The lowest BCUT2D eigenvalue weighted by atomic mass is 9.90. The molecule has 2 aromatic rings. The van der Waals surface area contributed by atoms with E-state index in [4.69, 9.17) is 9.72 Å². The number of amides is 1. The number of nitrogens with one attached hydrogen (secondary N) is 1. The van der Waals surface area contributed by atoms with Crippen LogP contribution in [0.5, 0.6) is 0 Å². The fourth-order valence-corrected chi connectivity index (χ4v) is 3.89. The zero-order chi connectivity index (χ0) is 16.7. The van der Waals surface area contributed by atoms with Gasteiger partial charge in [0.05, 0.1) is 18.3 Å². The Kier molecular flexibility index (Phi) is 3.84. The van der Waals surface area contributed by atoms with E-state index in [-0.39, 0.29) is 5.82 Å². The van der Waals surface area contributed by atoms with Crippen molar-refractivity contribution in [2.45, 2.75) is 38.3 Å². The molecule has 1 fully saturated rings. The van der Waals surface area contributed by atoms with Crippen molar-refractivity contribution < 1.29 is 13.9 Å². The van der Waals surface area contributed by atoms with Gasteiger partial charge >= 0.3 is 6.09 Å². The Hall–Kier alpha value is -2.21. The minimum atomic E-state index is -0.547. The van der Waals surface area contributed by atoms with Gasteiger partial charge in [-0.15, -0.1) is 0 Å². The molecule has 126 valence electrons. The monoisotopic (exact) mass is 329 g/mol. The molecule has 1 amide bonds. The number of fused-ring (bicyclic) bond motifs is 3. The zero-order valence-corrected chi connectivity index (χ0v) is 13.6. The number of rotatable bonds is 1. The Morgan fingerprint density at radius 1 is 1.42 bits per heavy atom. The lowest BCUT2D eigenvalue weighted by Crippen LogP contribution is -2.44. The number of halogens is 1. The van der Waals surface area contributed by atoms with Crippen LogP contribution in [-0.4, -0.2) is 35.7 Å². The number of nitrogens with zero attached hydrogens (tertiary/aromatic N) is 2. The molecule has 0 aliphatic carbocycles. The predicted octanol–water partition coefficient (Wildman–Crippen LogP) is 3.46. The Morgan fingerprint density at radius 2 is 2.29 bits per heavy atom. The third kappa shape index (κ3) is 2.60. The van der Waals surface area contributed by atoms with Crippen LogP contribution in [0.3, 0.4) is 0 Å². The van der Waals surface area contributed by atoms with Gasteiger partial charge in [-0.25, -0.2) is 9.18 Å². The van der Waals surface area contributed by atoms with Gasteiger partial charge in [0.25, 0.3) is 0 Å². The SMILES string of the molecule is COC(=O)Nc1c2c(nc3ccc(F)cc13)CC1CCCCN1C2. The van der Waals surface area contributed by atoms with Crippen LogP contribution in [0, 0.1) is 5.82 Å². The highest BCUT2D eigenvalue weighted by Gasteiger charge is 2.31. The van der Waals surface area contributed by atoms with E-state index in [1.807, 2.05) is 0 Å². The minimum Gasteiger partial charge on any atom is -0.453 e. The van der Waals surface area contributed by atoms with Crippen molar-refractivity contribution >= 4 is 22.7 Å². The molecule has 0 bridgehead atoms. The highest BCUT2D eigenvalue weighted by molar-refractivity contribution is 6.00. The average molecular weight is 329 g/mol. The fraction of sp³-hybridized carbons (Fsp3) is 0.444. The van der Waals surface area contributed by atoms with E-state index < -0.39 is 6.09 Å². The molecular weight excluding hydrogens is 309 g/mol. The number of aromatic nitrogens is 1. The zero-order valence-electron chi connectivity index (χ0n) is 13.6. The standard InChI is InChI=1S/C18H20FN3O2/c1-24-18(23)21-17-13-8-11(19)5-6-15(13)20-16-9-12-4-2-3-7-22(12)10-14(16)17/h5-6,8,12H,2-4,7,9-10H2,1H3,(H,20,21,23). The summed E-state index contributed by atoms with van der Waals surface area (Å²) in [6.45, 7) is 1.79. The van der Waals surface area contributed by atoms with Crippen molar-refractivity contribution in [2.24, 2.45) is 0 Å². The first-order valence-electron chi connectivity index (χ1n) is 8.35. The molecule has 0 radical (unpaired) electrons. The summed E-state index contributed by atoms with van der Waals surface area (Å²) in [7, 11) is 1.33. The largest absolute Gasteiger partial charge is 0.453 e. The maximum Gasteiger partial charge on any atom is 0.411 e. The molecular formula is C18H20FN3O2. The van der Waals surface area contributed by atoms with Gasteiger partial charge in [-0.1, -0.05) is 6.42 Å². The van der Waals surface area contributed by atoms with Crippen LogP contribution in [0.4, 0.5) is 14.9 Å². The van der Waals surface area contributed by atoms with E-state index >= 15 is 0 Å². The van der Waals surface area contributed by atoms with Gasteiger partial charge < -0.3 is 4.74 Å². The minimum absolute atomic E-state index is 0.344. The van der Waals surface area contributed by atoms with E-state index in [0.717, 1.165) is 30.8 Å². The molecule has 1 aromatic carbocycles. The number of hydrogen-bond acceptors (Lipinski definition) is 4. The summed E-state index contributed by atoms with van der Waals surface area (Å²) in [5.74, 6) is -0.344. The number of anilines is 1. The molecule has 6 heteroatoms. The van der Waals surface area contributed by atoms with Crippen molar-refractivity contribution in [3.8, 4) is 0 Å². The molecule has 24 heavy (non-hydrogen) atoms. The highest BCUT2D eigenvalue weighted by atomic mass is 19.1. The molecule has 5 nitrogen and oxygen atoms in total. The van der Waals surface area contributed by atoms with E-state index in [0.29, 0.717) is 22.6 Å². The third-order valence-electron chi connectivity index (χ3n) is 5.09. The Balaban J connectivity index is 1.87. The van der Waals surface area contributed by atoms with Gasteiger partial charge in [0.1, 0.15) is 5.82 Å². The number of carbonyl (C=O) groups excluding carboxylic acids is 1. The number of methoxy groups -OCH3 is 1. The summed E-state index contributed by atoms with van der Waals surface area (Å²) in [4.78, 5) is 19.0. The molecule has 3 heterocycles. The Morgan fingerprint density at radius 3 is 3.12 bits per heavy atom. The average Bonchev–Trinajstić information content (AvgIpc) is 2.60. The van der Waals surface area contributed by atoms with Crippen LogP contribution in [0.1, 0.15) is 30.5 Å². The van der Waals surface area contributed by atoms with Crippen LogP contribution in [0.15, 0.2) is 18.2 Å². The van der Waals surface area contributed by atoms with Crippen molar-refractivity contribution in [2.75, 3.05) is 19.0 Å². The first kappa shape index (κ1) is 15.3. The van der Waals surface area contributed by atoms with Crippen LogP contribution >= 0.6 is 0 Å². The lowest BCUT2D eigenvalue weighted by molar-refractivity contribution is 0.126. The molecule has 0 saturated carbocycles. The molecule has 4 rings (SSSR count). The van der Waals surface area contributed by atoms with Gasteiger partial charge in [-0.3, -0.25) is 15.2 Å². The second kappa shape index (κ2) is 6.02. The molecule has 2 aliphatic rings. The van der Waals surface area contributed by atoms with Crippen LogP contribution in [0.2, 0.25) is 0 Å². The van der Waals surface area contributed by atoms with Gasteiger partial charge in [-0.05, 0) is 37.6 Å². The summed E-state index contributed by atoms with van der Waals surface area (Å²) < 4.78 is 18.5. The summed E-state index contributed by atoms with van der Waals surface area (Å²) in [6.07, 6.45) is 3.96. The molecule has 2 aliphatic heterocycles. The quantitative estimate of drug-likeness (QED) is 0.870. The van der Waals surface area contributed by atoms with Crippen LogP contribution in [-0.2, 0) is 17.7 Å². The summed E-state index contributed by atoms with van der Waals surface area (Å²) in [6, 6.07) is 5.01. The van der Waals surface area contributed by atoms with Crippen molar-refractivity contribution in [1.29, 1.82) is 0 Å². The normalized spacial score (nSPS) is 20.3. The van der Waals surface area contributed by atoms with Gasteiger partial charge in [0.2, 0.25) is 0 Å². The fourth-order valence-electron chi connectivity index (χ4n) is 3.89. The van der Waals surface area contributed by atoms with Gasteiger partial charge in [0.15, 0.2) is 0 Å². The number of benzene rings is 1. The second-order valence-electron chi connectivity index (χ2n) is 6.51. The summed E-state index contributed by atoms with van der Waals surface area (Å²) in [5.41, 5.74) is 3.32. The molecule has 1 N–H and O–H groups in total. The smallest absolute Gasteiger partial charge is 0.411 e. The van der Waals surface area contributed by atoms with Gasteiger partial charge in [0, 0.05) is 35.7 Å². The molecule has 1 saturated heterocycles. The third-order valence-corrected chi connectivity index (χ3v) is 5.09. The summed E-state index contributed by atoms with van der Waals surface area (Å²) in [5, 5.41) is 3.41. The van der Waals surface area contributed by atoms with Crippen LogP contribution < -0.4 is 5.32 Å². The number of pyridine rings is 1. The Bertz CT molecular complexity index is 808. The maximum atomic E-state index is 13.8. The first-order chi connectivity index (χ1) is 11.7. The van der Waals surface area contributed by atoms with E-state index in [2.05, 4.69) is 10.2 Å².